The zero-order chi connectivity index (χ0) is 14.7. The average Bonchev–Trinajstić information content (AvgIpc) is 3.11. The van der Waals surface area contributed by atoms with Crippen molar-refractivity contribution in [3.63, 3.8) is 0 Å². The second-order valence-electron chi connectivity index (χ2n) is 3.93. The Morgan fingerprint density at radius 1 is 1.29 bits per heavy atom. The molecule has 0 fully saturated rings. The summed E-state index contributed by atoms with van der Waals surface area (Å²) in [4.78, 5) is 17.0. The Morgan fingerprint density at radius 3 is 2.86 bits per heavy atom. The zero-order valence-corrected chi connectivity index (χ0v) is 12.2. The molecule has 0 aromatic carbocycles. The third kappa shape index (κ3) is 3.16. The summed E-state index contributed by atoms with van der Waals surface area (Å²) in [5.74, 6) is 1.44. The van der Waals surface area contributed by atoms with Gasteiger partial charge in [-0.3, -0.25) is 4.57 Å². The summed E-state index contributed by atoms with van der Waals surface area (Å²) >= 11 is 1.18. The normalized spacial score (nSPS) is 10.8. The van der Waals surface area contributed by atoms with Crippen molar-refractivity contribution in [2.24, 2.45) is 0 Å². The van der Waals surface area contributed by atoms with E-state index in [2.05, 4.69) is 35.5 Å². The van der Waals surface area contributed by atoms with Crippen molar-refractivity contribution >= 4 is 17.7 Å². The summed E-state index contributed by atoms with van der Waals surface area (Å²) in [6, 6.07) is 0. The summed E-state index contributed by atoms with van der Waals surface area (Å²) in [5.41, 5.74) is 0. The Balaban J connectivity index is 1.95. The van der Waals surface area contributed by atoms with Gasteiger partial charge in [0.15, 0.2) is 0 Å². The number of nitrogens with one attached hydrogen (secondary N) is 1. The van der Waals surface area contributed by atoms with Crippen LogP contribution >= 0.6 is 11.8 Å². The number of imidazole rings is 1. The van der Waals surface area contributed by atoms with Crippen molar-refractivity contribution in [3.05, 3.63) is 24.6 Å². The van der Waals surface area contributed by atoms with Gasteiger partial charge in [0, 0.05) is 37.6 Å². The average molecular weight is 304 g/mol. The molecule has 3 aromatic heterocycles. The van der Waals surface area contributed by atoms with E-state index < -0.39 is 0 Å². The molecule has 3 aromatic rings. The molecule has 1 N–H and O–H groups in total. The van der Waals surface area contributed by atoms with Crippen molar-refractivity contribution in [1.29, 1.82) is 0 Å². The maximum atomic E-state index is 5.32. The first-order chi connectivity index (χ1) is 10.2. The Kier molecular flexibility index (Phi) is 3.77. The minimum Gasteiger partial charge on any atom is -0.416 e. The van der Waals surface area contributed by atoms with Crippen molar-refractivity contribution < 1.29 is 4.42 Å². The van der Waals surface area contributed by atoms with Crippen LogP contribution in [0.2, 0.25) is 0 Å². The van der Waals surface area contributed by atoms with Crippen LogP contribution in [0.1, 0.15) is 12.8 Å². The molecule has 3 heterocycles. The summed E-state index contributed by atoms with van der Waals surface area (Å²) < 4.78 is 7.02. The minimum absolute atomic E-state index is 0.387. The van der Waals surface area contributed by atoms with Crippen molar-refractivity contribution in [1.82, 2.24) is 34.7 Å². The molecule has 0 aliphatic carbocycles. The van der Waals surface area contributed by atoms with Crippen LogP contribution in [0.5, 0.6) is 0 Å². The van der Waals surface area contributed by atoms with Crippen LogP contribution in [0.4, 0.5) is 5.95 Å². The molecule has 0 unspecified atom stereocenters. The van der Waals surface area contributed by atoms with Crippen LogP contribution < -0.4 is 5.32 Å². The fourth-order valence-corrected chi connectivity index (χ4v) is 2.18. The number of rotatable bonds is 5. The Morgan fingerprint density at radius 2 is 2.19 bits per heavy atom. The molecule has 0 saturated carbocycles. The Hall–Kier alpha value is -2.49. The standard InChI is InChI=1S/C11H12N8OS/c1-3-13-8-14-9(19-5-4-12-6-19)16-10(15-8)21-11-18-17-7(2)20-11/h4-6H,3H2,1-2H3,(H,13,14,15,16). The van der Waals surface area contributed by atoms with Crippen LogP contribution in [0, 0.1) is 6.92 Å². The molecule has 0 saturated heterocycles. The quantitative estimate of drug-likeness (QED) is 0.746. The van der Waals surface area contributed by atoms with E-state index in [0.29, 0.717) is 34.7 Å². The number of aromatic nitrogens is 7. The minimum atomic E-state index is 0.387. The molecule has 9 nitrogen and oxygen atoms in total. The molecule has 3 rings (SSSR count). The molecular formula is C11H12N8OS. The third-order valence-electron chi connectivity index (χ3n) is 2.36. The van der Waals surface area contributed by atoms with Crippen LogP contribution in [0.25, 0.3) is 5.95 Å². The van der Waals surface area contributed by atoms with E-state index in [-0.39, 0.29) is 0 Å². The number of hydrogen-bond acceptors (Lipinski definition) is 9. The van der Waals surface area contributed by atoms with Crippen LogP contribution in [-0.2, 0) is 0 Å². The molecule has 0 radical (unpaired) electrons. The number of nitrogens with zero attached hydrogens (tertiary/aromatic N) is 7. The molecule has 0 aliphatic rings. The highest BCUT2D eigenvalue weighted by Gasteiger charge is 2.12. The van der Waals surface area contributed by atoms with Gasteiger partial charge in [0.1, 0.15) is 6.33 Å². The van der Waals surface area contributed by atoms with E-state index in [0.717, 1.165) is 0 Å². The predicted octanol–water partition coefficient (Wildman–Crippen LogP) is 1.33. The summed E-state index contributed by atoms with van der Waals surface area (Å²) in [7, 11) is 0. The van der Waals surface area contributed by atoms with Gasteiger partial charge >= 0.3 is 0 Å². The topological polar surface area (TPSA) is 107 Å². The van der Waals surface area contributed by atoms with Crippen molar-refractivity contribution in [3.8, 4) is 5.95 Å². The van der Waals surface area contributed by atoms with E-state index in [9.17, 15) is 0 Å². The molecule has 108 valence electrons. The van der Waals surface area contributed by atoms with Gasteiger partial charge in [-0.05, 0) is 6.92 Å². The lowest BCUT2D eigenvalue weighted by atomic mass is 10.7. The maximum absolute atomic E-state index is 5.32. The summed E-state index contributed by atoms with van der Waals surface area (Å²) in [5, 5.41) is 11.6. The van der Waals surface area contributed by atoms with E-state index in [4.69, 9.17) is 4.42 Å². The van der Waals surface area contributed by atoms with E-state index >= 15 is 0 Å². The Bertz CT molecular complexity index is 726. The third-order valence-corrected chi connectivity index (χ3v) is 3.06. The molecule has 0 aliphatic heterocycles. The second kappa shape index (κ2) is 5.87. The fraction of sp³-hybridized carbons (Fsp3) is 0.273. The highest BCUT2D eigenvalue weighted by molar-refractivity contribution is 7.98. The fourth-order valence-electron chi connectivity index (χ4n) is 1.52. The van der Waals surface area contributed by atoms with Crippen LogP contribution in [0.3, 0.4) is 0 Å². The maximum Gasteiger partial charge on any atom is 0.284 e. The van der Waals surface area contributed by atoms with Crippen LogP contribution in [-0.4, -0.2) is 41.2 Å². The summed E-state index contributed by atoms with van der Waals surface area (Å²) in [6.45, 7) is 4.40. The van der Waals surface area contributed by atoms with Gasteiger partial charge in [0.05, 0.1) is 0 Å². The molecule has 0 amide bonds. The smallest absolute Gasteiger partial charge is 0.284 e. The largest absolute Gasteiger partial charge is 0.416 e. The first kappa shape index (κ1) is 13.5. The first-order valence-corrected chi connectivity index (χ1v) is 7.02. The van der Waals surface area contributed by atoms with Gasteiger partial charge < -0.3 is 9.73 Å². The Labute approximate surface area is 124 Å². The molecular weight excluding hydrogens is 292 g/mol. The van der Waals surface area contributed by atoms with Gasteiger partial charge in [-0.25, -0.2) is 4.98 Å². The summed E-state index contributed by atoms with van der Waals surface area (Å²) in [6.07, 6.45) is 5.04. The van der Waals surface area contributed by atoms with Gasteiger partial charge in [-0.15, -0.1) is 10.2 Å². The second-order valence-corrected chi connectivity index (χ2v) is 4.85. The number of aryl methyl sites for hydroxylation is 1. The molecule has 0 spiro atoms. The highest BCUT2D eigenvalue weighted by atomic mass is 32.2. The van der Waals surface area contributed by atoms with Crippen molar-refractivity contribution in [2.45, 2.75) is 24.2 Å². The lowest BCUT2D eigenvalue weighted by molar-refractivity contribution is 0.429. The number of anilines is 1. The van der Waals surface area contributed by atoms with Gasteiger partial charge in [0.2, 0.25) is 22.9 Å². The first-order valence-electron chi connectivity index (χ1n) is 6.21. The molecule has 10 heteroatoms. The zero-order valence-electron chi connectivity index (χ0n) is 11.4. The lowest BCUT2D eigenvalue weighted by Gasteiger charge is -2.06. The van der Waals surface area contributed by atoms with Gasteiger partial charge in [-0.2, -0.15) is 15.0 Å². The van der Waals surface area contributed by atoms with Gasteiger partial charge in [-0.1, -0.05) is 0 Å². The lowest BCUT2D eigenvalue weighted by Crippen LogP contribution is -2.08. The van der Waals surface area contributed by atoms with E-state index in [1.807, 2.05) is 6.92 Å². The monoisotopic (exact) mass is 304 g/mol. The van der Waals surface area contributed by atoms with Gasteiger partial charge in [0.25, 0.3) is 5.22 Å². The van der Waals surface area contributed by atoms with E-state index in [1.165, 1.54) is 11.8 Å². The SMILES string of the molecule is CCNc1nc(Sc2nnc(C)o2)nc(-n2ccnc2)n1. The molecule has 0 atom stereocenters. The molecule has 0 bridgehead atoms. The number of hydrogen-bond donors (Lipinski definition) is 1. The highest BCUT2D eigenvalue weighted by Crippen LogP contribution is 2.24. The molecule has 21 heavy (non-hydrogen) atoms. The van der Waals surface area contributed by atoms with Crippen LogP contribution in [0.15, 0.2) is 33.5 Å². The predicted molar refractivity (Wildman–Crippen MR) is 74.3 cm³/mol. The van der Waals surface area contributed by atoms with Crippen molar-refractivity contribution in [2.75, 3.05) is 11.9 Å². The van der Waals surface area contributed by atoms with E-state index in [1.54, 1.807) is 30.2 Å².